The molecule has 32 heavy (non-hydrogen) atoms. The lowest BCUT2D eigenvalue weighted by atomic mass is 10.2. The average molecular weight is 532 g/mol. The van der Waals surface area contributed by atoms with Gasteiger partial charge in [0.2, 0.25) is 15.9 Å². The van der Waals surface area contributed by atoms with Gasteiger partial charge in [0.1, 0.15) is 4.90 Å². The van der Waals surface area contributed by atoms with Crippen molar-refractivity contribution in [3.05, 3.63) is 97.9 Å². The maximum Gasteiger partial charge on any atom is 0.245 e. The first kappa shape index (κ1) is 24.8. The molecule has 10 heteroatoms. The number of benzene rings is 3. The average Bonchev–Trinajstić information content (AvgIpc) is 2.75. The zero-order valence-corrected chi connectivity index (χ0v) is 20.4. The molecule has 1 N–H and O–H groups in total. The van der Waals surface area contributed by atoms with Gasteiger partial charge in [0, 0.05) is 28.2 Å². The summed E-state index contributed by atoms with van der Waals surface area (Å²) < 4.78 is 27.8. The summed E-state index contributed by atoms with van der Waals surface area (Å²) in [6, 6.07) is 18.0. The van der Waals surface area contributed by atoms with Crippen molar-refractivity contribution in [3.8, 4) is 0 Å². The highest BCUT2D eigenvalue weighted by Crippen LogP contribution is 2.28. The van der Waals surface area contributed by atoms with E-state index in [2.05, 4.69) is 5.32 Å². The molecule has 0 spiro atoms. The lowest BCUT2D eigenvalue weighted by molar-refractivity contribution is -0.121. The van der Waals surface area contributed by atoms with E-state index in [1.807, 2.05) is 6.07 Å². The van der Waals surface area contributed by atoms with Crippen LogP contribution in [0.1, 0.15) is 11.1 Å². The smallest absolute Gasteiger partial charge is 0.245 e. The fourth-order valence-corrected chi connectivity index (χ4v) is 5.50. The van der Waals surface area contributed by atoms with Crippen LogP contribution >= 0.6 is 46.4 Å². The molecule has 0 bridgehead atoms. The van der Waals surface area contributed by atoms with Crippen molar-refractivity contribution in [2.75, 3.05) is 6.54 Å². The van der Waals surface area contributed by atoms with Crippen LogP contribution in [0.3, 0.4) is 0 Å². The minimum Gasteiger partial charge on any atom is -0.351 e. The molecule has 0 unspecified atom stereocenters. The summed E-state index contributed by atoms with van der Waals surface area (Å²) in [5.74, 6) is -0.506. The van der Waals surface area contributed by atoms with Gasteiger partial charge in [-0.25, -0.2) is 8.42 Å². The van der Waals surface area contributed by atoms with Crippen LogP contribution < -0.4 is 5.32 Å². The molecule has 5 nitrogen and oxygen atoms in total. The van der Waals surface area contributed by atoms with E-state index in [0.717, 1.165) is 4.31 Å². The second-order valence-electron chi connectivity index (χ2n) is 6.85. The van der Waals surface area contributed by atoms with Gasteiger partial charge in [0.25, 0.3) is 0 Å². The highest BCUT2D eigenvalue weighted by molar-refractivity contribution is 7.89. The number of carbonyl (C=O) groups is 1. The first-order valence-electron chi connectivity index (χ1n) is 9.36. The second-order valence-corrected chi connectivity index (χ2v) is 10.4. The highest BCUT2D eigenvalue weighted by Gasteiger charge is 2.29. The fraction of sp³-hybridized carbons (Fsp3) is 0.136. The Labute approximate surface area is 206 Å². The van der Waals surface area contributed by atoms with Gasteiger partial charge >= 0.3 is 0 Å². The largest absolute Gasteiger partial charge is 0.351 e. The Balaban J connectivity index is 1.84. The van der Waals surface area contributed by atoms with Crippen LogP contribution in [0.4, 0.5) is 0 Å². The quantitative estimate of drug-likeness (QED) is 0.399. The van der Waals surface area contributed by atoms with Gasteiger partial charge in [0.05, 0.1) is 11.6 Å². The summed E-state index contributed by atoms with van der Waals surface area (Å²) in [5.41, 5.74) is 1.36. The first-order valence-corrected chi connectivity index (χ1v) is 12.3. The van der Waals surface area contributed by atoms with Crippen molar-refractivity contribution >= 4 is 62.3 Å². The summed E-state index contributed by atoms with van der Waals surface area (Å²) in [6.45, 7) is -0.335. The van der Waals surface area contributed by atoms with E-state index < -0.39 is 22.5 Å². The normalized spacial score (nSPS) is 11.5. The predicted octanol–water partition coefficient (Wildman–Crippen LogP) is 5.81. The van der Waals surface area contributed by atoms with Crippen molar-refractivity contribution in [1.82, 2.24) is 9.62 Å². The van der Waals surface area contributed by atoms with Crippen molar-refractivity contribution in [2.24, 2.45) is 0 Å². The van der Waals surface area contributed by atoms with Crippen LogP contribution in [-0.2, 0) is 27.9 Å². The Morgan fingerprint density at radius 3 is 2.19 bits per heavy atom. The molecule has 3 rings (SSSR count). The molecular weight excluding hydrogens is 514 g/mol. The van der Waals surface area contributed by atoms with Gasteiger partial charge < -0.3 is 5.32 Å². The Morgan fingerprint density at radius 1 is 0.844 bits per heavy atom. The van der Waals surface area contributed by atoms with Crippen LogP contribution in [0, 0.1) is 0 Å². The molecule has 0 aliphatic carbocycles. The SMILES string of the molecule is O=C(CN(Cc1ccccc1)S(=O)(=O)c1cc(Cl)ccc1Cl)NCc1ccc(Cl)cc1Cl. The number of rotatable bonds is 8. The third-order valence-corrected chi connectivity index (χ3v) is 7.62. The van der Waals surface area contributed by atoms with Gasteiger partial charge in [-0.3, -0.25) is 4.79 Å². The third-order valence-electron chi connectivity index (χ3n) is 4.52. The molecule has 0 heterocycles. The van der Waals surface area contributed by atoms with E-state index in [-0.39, 0.29) is 28.0 Å². The number of hydrogen-bond donors (Lipinski definition) is 1. The molecule has 0 fully saturated rings. The van der Waals surface area contributed by atoms with Crippen LogP contribution in [0.15, 0.2) is 71.6 Å². The monoisotopic (exact) mass is 530 g/mol. The summed E-state index contributed by atoms with van der Waals surface area (Å²) in [7, 11) is -4.13. The lowest BCUT2D eigenvalue weighted by Crippen LogP contribution is -2.40. The lowest BCUT2D eigenvalue weighted by Gasteiger charge is -2.23. The number of carbonyl (C=O) groups excluding carboxylic acids is 1. The number of amides is 1. The summed E-state index contributed by atoms with van der Waals surface area (Å²) in [5, 5.41) is 3.80. The summed E-state index contributed by atoms with van der Waals surface area (Å²) in [4.78, 5) is 12.5. The summed E-state index contributed by atoms with van der Waals surface area (Å²) in [6.07, 6.45) is 0. The van der Waals surface area contributed by atoms with Crippen LogP contribution in [0.2, 0.25) is 20.1 Å². The van der Waals surface area contributed by atoms with Gasteiger partial charge in [0.15, 0.2) is 0 Å². The van der Waals surface area contributed by atoms with Gasteiger partial charge in [-0.2, -0.15) is 4.31 Å². The van der Waals surface area contributed by atoms with E-state index in [4.69, 9.17) is 46.4 Å². The molecule has 0 saturated heterocycles. The van der Waals surface area contributed by atoms with Gasteiger partial charge in [-0.05, 0) is 41.5 Å². The van der Waals surface area contributed by atoms with E-state index >= 15 is 0 Å². The van der Waals surface area contributed by atoms with Crippen LogP contribution in [0.25, 0.3) is 0 Å². The van der Waals surface area contributed by atoms with E-state index in [9.17, 15) is 13.2 Å². The molecule has 0 atom stereocenters. The molecule has 1 amide bonds. The molecule has 0 radical (unpaired) electrons. The third kappa shape index (κ3) is 6.38. The number of nitrogens with zero attached hydrogens (tertiary/aromatic N) is 1. The Hall–Kier alpha value is -1.80. The van der Waals surface area contributed by atoms with Crippen molar-refractivity contribution < 1.29 is 13.2 Å². The van der Waals surface area contributed by atoms with Crippen molar-refractivity contribution in [2.45, 2.75) is 18.0 Å². The number of sulfonamides is 1. The number of hydrogen-bond acceptors (Lipinski definition) is 3. The minimum atomic E-state index is -4.13. The Kier molecular flexibility index (Phi) is 8.44. The van der Waals surface area contributed by atoms with Crippen molar-refractivity contribution in [1.29, 1.82) is 0 Å². The fourth-order valence-electron chi connectivity index (χ4n) is 2.90. The second kappa shape index (κ2) is 10.9. The van der Waals surface area contributed by atoms with Crippen LogP contribution in [-0.4, -0.2) is 25.2 Å². The molecule has 0 saturated carbocycles. The predicted molar refractivity (Wildman–Crippen MR) is 129 cm³/mol. The van der Waals surface area contributed by atoms with Crippen molar-refractivity contribution in [3.63, 3.8) is 0 Å². The molecule has 168 valence electrons. The van der Waals surface area contributed by atoms with Gasteiger partial charge in [-0.1, -0.05) is 82.8 Å². The zero-order valence-electron chi connectivity index (χ0n) is 16.6. The zero-order chi connectivity index (χ0) is 23.3. The van der Waals surface area contributed by atoms with Gasteiger partial charge in [-0.15, -0.1) is 0 Å². The molecule has 0 aromatic heterocycles. The first-order chi connectivity index (χ1) is 15.2. The molecule has 0 aliphatic rings. The Morgan fingerprint density at radius 2 is 1.50 bits per heavy atom. The molecule has 3 aromatic rings. The number of halogens is 4. The summed E-state index contributed by atoms with van der Waals surface area (Å²) >= 11 is 24.2. The van der Waals surface area contributed by atoms with E-state index in [1.165, 1.54) is 18.2 Å². The standard InChI is InChI=1S/C22H18Cl4N2O3S/c23-17-7-6-16(20(26)10-17)12-27-22(29)14-28(13-15-4-2-1-3-5-15)32(30,31)21-11-18(24)8-9-19(21)25/h1-11H,12-14H2,(H,27,29). The molecular formula is C22H18Cl4N2O3S. The topological polar surface area (TPSA) is 66.5 Å². The molecule has 0 aliphatic heterocycles. The van der Waals surface area contributed by atoms with E-state index in [1.54, 1.807) is 42.5 Å². The Bertz CT molecular complexity index is 1220. The highest BCUT2D eigenvalue weighted by atomic mass is 35.5. The minimum absolute atomic E-state index is 0.0146. The van der Waals surface area contributed by atoms with Crippen LogP contribution in [0.5, 0.6) is 0 Å². The maximum atomic E-state index is 13.4. The van der Waals surface area contributed by atoms with E-state index in [0.29, 0.717) is 21.2 Å². The maximum absolute atomic E-state index is 13.4. The number of nitrogens with one attached hydrogen (secondary N) is 1. The molecule has 3 aromatic carbocycles.